The van der Waals surface area contributed by atoms with Gasteiger partial charge in [-0.25, -0.2) is 8.42 Å². The van der Waals surface area contributed by atoms with Crippen molar-refractivity contribution in [3.63, 3.8) is 0 Å². The number of rotatable bonds is 2. The van der Waals surface area contributed by atoms with Gasteiger partial charge in [-0.2, -0.15) is 13.2 Å². The summed E-state index contributed by atoms with van der Waals surface area (Å²) in [7, 11) is -5.21. The molecule has 0 N–H and O–H groups in total. The highest BCUT2D eigenvalue weighted by Crippen LogP contribution is 2.30. The molecule has 7 heteroatoms. The van der Waals surface area contributed by atoms with Crippen LogP contribution in [-0.2, 0) is 9.84 Å². The van der Waals surface area contributed by atoms with Crippen molar-refractivity contribution >= 4 is 36.0 Å². The van der Waals surface area contributed by atoms with Crippen LogP contribution in [0, 0.1) is 0 Å². The lowest BCUT2D eigenvalue weighted by Gasteiger charge is -2.04. The molecule has 2 nitrogen and oxygen atoms in total. The molecule has 88 valence electrons. The van der Waals surface area contributed by atoms with Crippen molar-refractivity contribution in [3.05, 3.63) is 41.3 Å². The lowest BCUT2D eigenvalue weighted by Crippen LogP contribution is -2.20. The molecule has 1 aromatic carbocycles. The van der Waals surface area contributed by atoms with Gasteiger partial charge in [0, 0.05) is 3.58 Å². The normalized spacial score (nSPS) is 13.9. The van der Waals surface area contributed by atoms with E-state index >= 15 is 0 Å². The van der Waals surface area contributed by atoms with Crippen molar-refractivity contribution in [2.75, 3.05) is 0 Å². The van der Waals surface area contributed by atoms with Crippen LogP contribution in [0.15, 0.2) is 35.7 Å². The Morgan fingerprint density at radius 3 is 2.12 bits per heavy atom. The van der Waals surface area contributed by atoms with Crippen LogP contribution in [0.4, 0.5) is 13.2 Å². The number of benzene rings is 1. The molecule has 1 aromatic rings. The Balaban J connectivity index is 3.13. The summed E-state index contributed by atoms with van der Waals surface area (Å²) >= 11 is 1.55. The van der Waals surface area contributed by atoms with E-state index < -0.39 is 15.3 Å². The Hall–Kier alpha value is -0.570. The zero-order valence-corrected chi connectivity index (χ0v) is 10.7. The van der Waals surface area contributed by atoms with Gasteiger partial charge in [0.15, 0.2) is 0 Å². The Morgan fingerprint density at radius 2 is 1.69 bits per heavy atom. The number of halogens is 4. The monoisotopic (exact) mass is 362 g/mol. The molecule has 16 heavy (non-hydrogen) atoms. The van der Waals surface area contributed by atoms with E-state index in [0.29, 0.717) is 5.56 Å². The maximum absolute atomic E-state index is 12.1. The third-order valence-corrected chi connectivity index (χ3v) is 4.18. The molecule has 0 radical (unpaired) electrons. The molecule has 0 aromatic heterocycles. The number of hydrogen-bond acceptors (Lipinski definition) is 2. The van der Waals surface area contributed by atoms with Crippen LogP contribution in [0.3, 0.4) is 0 Å². The summed E-state index contributed by atoms with van der Waals surface area (Å²) in [5, 5.41) is 0.225. The van der Waals surface area contributed by atoms with Gasteiger partial charge in [0.25, 0.3) is 9.84 Å². The second kappa shape index (κ2) is 4.74. The van der Waals surface area contributed by atoms with E-state index in [2.05, 4.69) is 0 Å². The largest absolute Gasteiger partial charge is 0.501 e. The quantitative estimate of drug-likeness (QED) is 0.757. The maximum atomic E-state index is 12.1. The first-order chi connectivity index (χ1) is 7.24. The minimum absolute atomic E-state index is 0.0236. The van der Waals surface area contributed by atoms with Gasteiger partial charge in [0.05, 0.1) is 5.41 Å². The predicted octanol–water partition coefficient (Wildman–Crippen LogP) is 3.35. The molecule has 0 amide bonds. The fraction of sp³-hybridized carbons (Fsp3) is 0.111. The summed E-state index contributed by atoms with van der Waals surface area (Å²) < 4.78 is 57.9. The molecular weight excluding hydrogens is 356 g/mol. The third kappa shape index (κ3) is 3.21. The molecule has 0 aliphatic rings. The molecule has 0 atom stereocenters. The van der Waals surface area contributed by atoms with Crippen molar-refractivity contribution in [2.24, 2.45) is 0 Å². The zero-order valence-electron chi connectivity index (χ0n) is 7.70. The van der Waals surface area contributed by atoms with Gasteiger partial charge in [-0.15, -0.1) is 0 Å². The van der Waals surface area contributed by atoms with E-state index in [-0.39, 0.29) is 8.99 Å². The van der Waals surface area contributed by atoms with Gasteiger partial charge >= 0.3 is 5.51 Å². The molecule has 0 spiro atoms. The van der Waals surface area contributed by atoms with Crippen LogP contribution in [-0.4, -0.2) is 13.9 Å². The SMILES string of the molecule is O=S(=O)(/C=C(/I)c1ccccc1)C(F)(F)F. The zero-order chi connectivity index (χ0) is 12.4. The van der Waals surface area contributed by atoms with Crippen LogP contribution in [0.2, 0.25) is 0 Å². The summed E-state index contributed by atoms with van der Waals surface area (Å²) in [6.45, 7) is 0. The molecule has 0 fully saturated rings. The van der Waals surface area contributed by atoms with Gasteiger partial charge in [-0.05, 0) is 28.2 Å². The average Bonchev–Trinajstić information content (AvgIpc) is 2.16. The summed E-state index contributed by atoms with van der Waals surface area (Å²) in [5.74, 6) is 0. The van der Waals surface area contributed by atoms with E-state index in [4.69, 9.17) is 0 Å². The summed E-state index contributed by atoms with van der Waals surface area (Å²) in [6.07, 6.45) is 0. The Bertz CT molecular complexity index is 491. The number of sulfone groups is 1. The molecular formula is C9H6F3IO2S. The second-order valence-corrected chi connectivity index (χ2v) is 5.77. The van der Waals surface area contributed by atoms with Crippen molar-refractivity contribution in [1.29, 1.82) is 0 Å². The molecule has 0 unspecified atom stereocenters. The topological polar surface area (TPSA) is 34.1 Å². The van der Waals surface area contributed by atoms with Crippen LogP contribution in [0.25, 0.3) is 3.58 Å². The Morgan fingerprint density at radius 1 is 1.19 bits per heavy atom. The highest BCUT2D eigenvalue weighted by molar-refractivity contribution is 14.1. The van der Waals surface area contributed by atoms with Gasteiger partial charge in [-0.3, -0.25) is 0 Å². The maximum Gasteiger partial charge on any atom is 0.501 e. The molecule has 0 heterocycles. The fourth-order valence-corrected chi connectivity index (χ4v) is 2.77. The van der Waals surface area contributed by atoms with Gasteiger partial charge in [0.1, 0.15) is 0 Å². The fourth-order valence-electron chi connectivity index (χ4n) is 0.868. The van der Waals surface area contributed by atoms with E-state index in [0.717, 1.165) is 0 Å². The number of alkyl halides is 3. The molecule has 0 aliphatic carbocycles. The Kier molecular flexibility index (Phi) is 4.00. The first kappa shape index (κ1) is 13.5. The molecule has 1 rings (SSSR count). The van der Waals surface area contributed by atoms with Gasteiger partial charge in [0.2, 0.25) is 0 Å². The van der Waals surface area contributed by atoms with Crippen LogP contribution in [0.1, 0.15) is 5.56 Å². The predicted molar refractivity (Wildman–Crippen MR) is 63.4 cm³/mol. The summed E-state index contributed by atoms with van der Waals surface area (Å²) in [5.41, 5.74) is -4.83. The van der Waals surface area contributed by atoms with Crippen molar-refractivity contribution in [2.45, 2.75) is 5.51 Å². The van der Waals surface area contributed by atoms with E-state index in [1.54, 1.807) is 40.8 Å². The molecule has 0 saturated carbocycles. The van der Waals surface area contributed by atoms with E-state index in [1.807, 2.05) is 0 Å². The summed E-state index contributed by atoms with van der Waals surface area (Å²) in [6, 6.07) is 7.98. The van der Waals surface area contributed by atoms with Crippen LogP contribution in [0.5, 0.6) is 0 Å². The first-order valence-corrected chi connectivity index (χ1v) is 6.60. The average molecular weight is 362 g/mol. The Labute approximate surface area is 104 Å². The minimum Gasteiger partial charge on any atom is -0.215 e. The van der Waals surface area contributed by atoms with Crippen LogP contribution >= 0.6 is 22.6 Å². The third-order valence-electron chi connectivity index (χ3n) is 1.63. The lowest BCUT2D eigenvalue weighted by molar-refractivity contribution is -0.0423. The van der Waals surface area contributed by atoms with Gasteiger partial charge < -0.3 is 0 Å². The van der Waals surface area contributed by atoms with Crippen molar-refractivity contribution < 1.29 is 21.6 Å². The highest BCUT2D eigenvalue weighted by Gasteiger charge is 2.44. The van der Waals surface area contributed by atoms with Crippen molar-refractivity contribution in [1.82, 2.24) is 0 Å². The molecule has 0 aliphatic heterocycles. The molecule has 0 bridgehead atoms. The lowest BCUT2D eigenvalue weighted by atomic mass is 10.2. The van der Waals surface area contributed by atoms with E-state index in [9.17, 15) is 21.6 Å². The van der Waals surface area contributed by atoms with Crippen molar-refractivity contribution in [3.8, 4) is 0 Å². The standard InChI is InChI=1S/C9H6F3IO2S/c10-9(11,12)16(14,15)6-8(13)7-4-2-1-3-5-7/h1-6H/b8-6+. The number of hydrogen-bond donors (Lipinski definition) is 0. The first-order valence-electron chi connectivity index (χ1n) is 3.98. The summed E-state index contributed by atoms with van der Waals surface area (Å²) in [4.78, 5) is 0. The van der Waals surface area contributed by atoms with Crippen LogP contribution < -0.4 is 0 Å². The van der Waals surface area contributed by atoms with Gasteiger partial charge in [-0.1, -0.05) is 30.3 Å². The smallest absolute Gasteiger partial charge is 0.215 e. The second-order valence-electron chi connectivity index (χ2n) is 2.82. The highest BCUT2D eigenvalue weighted by atomic mass is 127. The van der Waals surface area contributed by atoms with E-state index in [1.165, 1.54) is 12.1 Å². The minimum atomic E-state index is -5.25. The molecule has 0 saturated heterocycles.